The lowest BCUT2D eigenvalue weighted by atomic mass is 10.1. The molecule has 6 nitrogen and oxygen atoms in total. The Labute approximate surface area is 120 Å². The predicted octanol–water partition coefficient (Wildman–Crippen LogP) is 1.72. The molecule has 2 rings (SSSR count). The van der Waals surface area contributed by atoms with Crippen LogP contribution in [0, 0.1) is 18.6 Å². The summed E-state index contributed by atoms with van der Waals surface area (Å²) >= 11 is 0. The maximum absolute atomic E-state index is 14.0. The van der Waals surface area contributed by atoms with Crippen molar-refractivity contribution in [1.29, 1.82) is 0 Å². The van der Waals surface area contributed by atoms with Crippen LogP contribution in [0.2, 0.25) is 0 Å². The first kappa shape index (κ1) is 15.6. The summed E-state index contributed by atoms with van der Waals surface area (Å²) in [6.45, 7) is 1.85. The van der Waals surface area contributed by atoms with Crippen LogP contribution in [0.3, 0.4) is 0 Å². The summed E-state index contributed by atoms with van der Waals surface area (Å²) in [7, 11) is -3.98. The quantitative estimate of drug-likeness (QED) is 0.884. The predicted molar refractivity (Wildman–Crippen MR) is 71.4 cm³/mol. The topological polar surface area (TPSA) is 86.7 Å². The zero-order valence-electron chi connectivity index (χ0n) is 11.2. The Hall–Kier alpha value is -1.74. The van der Waals surface area contributed by atoms with Gasteiger partial charge in [0.15, 0.2) is 5.82 Å². The molecule has 0 aliphatic carbocycles. The molecule has 1 saturated heterocycles. The third kappa shape index (κ3) is 2.98. The van der Waals surface area contributed by atoms with Gasteiger partial charge in [-0.3, -0.25) is 4.72 Å². The number of carboxylic acid groups (broad SMARTS) is 1. The van der Waals surface area contributed by atoms with Gasteiger partial charge in [0.05, 0.1) is 5.69 Å². The van der Waals surface area contributed by atoms with Crippen LogP contribution in [-0.2, 0) is 10.2 Å². The molecule has 1 fully saturated rings. The summed E-state index contributed by atoms with van der Waals surface area (Å²) in [5.41, 5.74) is -1.90. The maximum Gasteiger partial charge on any atom is 0.341 e. The van der Waals surface area contributed by atoms with Gasteiger partial charge in [-0.25, -0.2) is 13.6 Å². The number of nitrogens with zero attached hydrogens (tertiary/aromatic N) is 1. The molecule has 0 bridgehead atoms. The van der Waals surface area contributed by atoms with Crippen LogP contribution in [0.15, 0.2) is 6.07 Å². The average Bonchev–Trinajstić information content (AvgIpc) is 2.90. The van der Waals surface area contributed by atoms with Crippen molar-refractivity contribution in [2.75, 3.05) is 17.8 Å². The van der Waals surface area contributed by atoms with Crippen molar-refractivity contribution in [3.8, 4) is 0 Å². The first-order chi connectivity index (χ1) is 9.74. The molecule has 0 unspecified atom stereocenters. The van der Waals surface area contributed by atoms with E-state index in [-0.39, 0.29) is 5.56 Å². The van der Waals surface area contributed by atoms with Crippen molar-refractivity contribution >= 4 is 21.9 Å². The lowest BCUT2D eigenvalue weighted by molar-refractivity contribution is 0.0686. The zero-order chi connectivity index (χ0) is 15.8. The zero-order valence-corrected chi connectivity index (χ0v) is 12.0. The van der Waals surface area contributed by atoms with Gasteiger partial charge in [0, 0.05) is 13.1 Å². The minimum Gasteiger partial charge on any atom is -0.477 e. The number of carbonyl (C=O) groups is 1. The normalized spacial score (nSPS) is 16.1. The van der Waals surface area contributed by atoms with Gasteiger partial charge in [-0.15, -0.1) is 0 Å². The summed E-state index contributed by atoms with van der Waals surface area (Å²) in [6.07, 6.45) is 1.40. The van der Waals surface area contributed by atoms with Gasteiger partial charge in [0.2, 0.25) is 0 Å². The van der Waals surface area contributed by atoms with Crippen molar-refractivity contribution in [1.82, 2.24) is 4.31 Å². The molecule has 0 aromatic heterocycles. The fraction of sp³-hybridized carbons (Fsp3) is 0.417. The Morgan fingerprint density at radius 3 is 2.38 bits per heavy atom. The van der Waals surface area contributed by atoms with Crippen molar-refractivity contribution in [2.24, 2.45) is 0 Å². The summed E-state index contributed by atoms with van der Waals surface area (Å²) < 4.78 is 54.8. The van der Waals surface area contributed by atoms with E-state index in [0.29, 0.717) is 25.9 Å². The van der Waals surface area contributed by atoms with Gasteiger partial charge >= 0.3 is 16.2 Å². The van der Waals surface area contributed by atoms with E-state index in [2.05, 4.69) is 0 Å². The minimum atomic E-state index is -3.98. The van der Waals surface area contributed by atoms with Crippen molar-refractivity contribution in [3.63, 3.8) is 0 Å². The number of aryl methyl sites for hydroxylation is 1. The van der Waals surface area contributed by atoms with Crippen LogP contribution in [0.1, 0.15) is 28.8 Å². The van der Waals surface area contributed by atoms with Crippen molar-refractivity contribution in [3.05, 3.63) is 28.8 Å². The number of hydrogen-bond acceptors (Lipinski definition) is 3. The third-order valence-corrected chi connectivity index (χ3v) is 4.76. The first-order valence-electron chi connectivity index (χ1n) is 6.24. The van der Waals surface area contributed by atoms with E-state index in [1.165, 1.54) is 6.92 Å². The van der Waals surface area contributed by atoms with Gasteiger partial charge in [-0.2, -0.15) is 12.7 Å². The summed E-state index contributed by atoms with van der Waals surface area (Å²) in [6, 6.07) is 0.935. The SMILES string of the molecule is Cc1cc(NS(=O)(=O)N2CCCC2)c(F)c(C(=O)O)c1F. The van der Waals surface area contributed by atoms with Crippen LogP contribution >= 0.6 is 0 Å². The second-order valence-electron chi connectivity index (χ2n) is 4.76. The molecule has 0 amide bonds. The molecule has 1 aliphatic rings. The van der Waals surface area contributed by atoms with Crippen LogP contribution in [0.4, 0.5) is 14.5 Å². The maximum atomic E-state index is 14.0. The molecule has 1 heterocycles. The van der Waals surface area contributed by atoms with E-state index < -0.39 is 39.1 Å². The molecule has 0 spiro atoms. The molecule has 2 N–H and O–H groups in total. The Morgan fingerprint density at radius 1 is 1.29 bits per heavy atom. The van der Waals surface area contributed by atoms with Crippen LogP contribution in [-0.4, -0.2) is 36.9 Å². The molecule has 1 aliphatic heterocycles. The fourth-order valence-corrected chi connectivity index (χ4v) is 3.46. The van der Waals surface area contributed by atoms with E-state index >= 15 is 0 Å². The Balaban J connectivity index is 2.43. The Morgan fingerprint density at radius 2 is 1.86 bits per heavy atom. The number of nitrogens with one attached hydrogen (secondary N) is 1. The number of benzene rings is 1. The van der Waals surface area contributed by atoms with E-state index in [1.54, 1.807) is 0 Å². The van der Waals surface area contributed by atoms with Crippen LogP contribution in [0.5, 0.6) is 0 Å². The number of carboxylic acids is 1. The first-order valence-corrected chi connectivity index (χ1v) is 7.68. The van der Waals surface area contributed by atoms with Gasteiger partial charge in [-0.1, -0.05) is 0 Å². The van der Waals surface area contributed by atoms with E-state index in [0.717, 1.165) is 10.4 Å². The average molecular weight is 320 g/mol. The highest BCUT2D eigenvalue weighted by molar-refractivity contribution is 7.90. The number of aromatic carboxylic acids is 1. The van der Waals surface area contributed by atoms with Crippen molar-refractivity contribution in [2.45, 2.75) is 19.8 Å². The standard InChI is InChI=1S/C12H14F2N2O4S/c1-7-6-8(11(14)9(10(7)13)12(17)18)15-21(19,20)16-4-2-3-5-16/h6,15H,2-5H2,1H3,(H,17,18). The highest BCUT2D eigenvalue weighted by Crippen LogP contribution is 2.26. The van der Waals surface area contributed by atoms with Crippen LogP contribution in [0.25, 0.3) is 0 Å². The van der Waals surface area contributed by atoms with E-state index in [4.69, 9.17) is 5.11 Å². The second kappa shape index (κ2) is 5.57. The monoisotopic (exact) mass is 320 g/mol. The third-order valence-electron chi connectivity index (χ3n) is 3.24. The molecule has 0 atom stereocenters. The summed E-state index contributed by atoms with van der Waals surface area (Å²) in [4.78, 5) is 10.9. The summed E-state index contributed by atoms with van der Waals surface area (Å²) in [5, 5.41) is 8.84. The van der Waals surface area contributed by atoms with E-state index in [1.807, 2.05) is 4.72 Å². The molecule has 1 aromatic rings. The Bertz CT molecular complexity index is 685. The number of anilines is 1. The number of rotatable bonds is 4. The Kier molecular flexibility index (Phi) is 4.15. The van der Waals surface area contributed by atoms with Gasteiger partial charge in [0.1, 0.15) is 11.4 Å². The van der Waals surface area contributed by atoms with Gasteiger partial charge in [0.25, 0.3) is 0 Å². The van der Waals surface area contributed by atoms with Crippen LogP contribution < -0.4 is 4.72 Å². The molecule has 0 radical (unpaired) electrons. The van der Waals surface area contributed by atoms with Gasteiger partial charge in [-0.05, 0) is 31.4 Å². The molecule has 21 heavy (non-hydrogen) atoms. The lowest BCUT2D eigenvalue weighted by Gasteiger charge is -2.18. The largest absolute Gasteiger partial charge is 0.477 e. The van der Waals surface area contributed by atoms with Crippen molar-refractivity contribution < 1.29 is 27.1 Å². The van der Waals surface area contributed by atoms with E-state index in [9.17, 15) is 22.0 Å². The van der Waals surface area contributed by atoms with Gasteiger partial charge < -0.3 is 5.11 Å². The highest BCUT2D eigenvalue weighted by atomic mass is 32.2. The number of halogens is 2. The molecule has 9 heteroatoms. The second-order valence-corrected chi connectivity index (χ2v) is 6.43. The molecule has 0 saturated carbocycles. The molecule has 116 valence electrons. The molecular formula is C12H14F2N2O4S. The molecular weight excluding hydrogens is 306 g/mol. The number of hydrogen-bond donors (Lipinski definition) is 2. The smallest absolute Gasteiger partial charge is 0.341 e. The highest BCUT2D eigenvalue weighted by Gasteiger charge is 2.29. The molecule has 1 aromatic carbocycles. The summed E-state index contributed by atoms with van der Waals surface area (Å²) in [5.74, 6) is -4.45. The minimum absolute atomic E-state index is 0.159. The lowest BCUT2D eigenvalue weighted by Crippen LogP contribution is -2.33. The fourth-order valence-electron chi connectivity index (χ4n) is 2.17.